The molecule has 0 atom stereocenters. The lowest BCUT2D eigenvalue weighted by Gasteiger charge is -2.37. The Morgan fingerprint density at radius 3 is 2.33 bits per heavy atom. The van der Waals surface area contributed by atoms with E-state index in [2.05, 4.69) is 28.2 Å². The van der Waals surface area contributed by atoms with Gasteiger partial charge in [-0.05, 0) is 19.3 Å². The Morgan fingerprint density at radius 2 is 1.78 bits per heavy atom. The van der Waals surface area contributed by atoms with E-state index in [0.717, 1.165) is 22.1 Å². The molecule has 1 heterocycles. The first-order valence-corrected chi connectivity index (χ1v) is 7.10. The van der Waals surface area contributed by atoms with E-state index in [1.165, 1.54) is 32.4 Å². The Hall–Kier alpha value is -0.610. The van der Waals surface area contributed by atoms with Gasteiger partial charge in [0.15, 0.2) is 0 Å². The van der Waals surface area contributed by atoms with E-state index < -0.39 is 0 Å². The largest absolute Gasteiger partial charge is 0.460 e. The Morgan fingerprint density at radius 1 is 1.17 bits per heavy atom. The van der Waals surface area contributed by atoms with Gasteiger partial charge >= 0.3 is 5.97 Å². The molecular weight excluding hydrogens is 228 g/mol. The molecule has 1 aliphatic rings. The lowest BCUT2D eigenvalue weighted by molar-refractivity contribution is -0.914. The maximum atomic E-state index is 11.6. The van der Waals surface area contributed by atoms with Crippen molar-refractivity contribution in [2.75, 3.05) is 61.0 Å². The highest BCUT2D eigenvalue weighted by atomic mass is 16.5. The molecule has 1 rings (SSSR count). The van der Waals surface area contributed by atoms with Crippen LogP contribution >= 0.6 is 0 Å². The van der Waals surface area contributed by atoms with E-state index in [-0.39, 0.29) is 5.97 Å². The van der Waals surface area contributed by atoms with Crippen LogP contribution < -0.4 is 0 Å². The van der Waals surface area contributed by atoms with Crippen molar-refractivity contribution in [3.8, 4) is 0 Å². The van der Waals surface area contributed by atoms with Crippen LogP contribution in [0.5, 0.6) is 0 Å². The van der Waals surface area contributed by atoms with Crippen molar-refractivity contribution >= 4 is 5.97 Å². The molecule has 0 aromatic rings. The molecule has 1 saturated heterocycles. The van der Waals surface area contributed by atoms with Crippen molar-refractivity contribution in [2.24, 2.45) is 0 Å². The first-order chi connectivity index (χ1) is 8.31. The van der Waals surface area contributed by atoms with Crippen LogP contribution in [0.1, 0.15) is 25.7 Å². The van der Waals surface area contributed by atoms with E-state index in [1.807, 2.05) is 0 Å². The maximum absolute atomic E-state index is 11.6. The molecule has 0 aromatic heterocycles. The number of carbonyl (C=O) groups excluding carboxylic acids is 1. The number of hydrogen-bond donors (Lipinski definition) is 0. The molecule has 0 amide bonds. The summed E-state index contributed by atoms with van der Waals surface area (Å²) >= 11 is 0. The molecule has 106 valence electrons. The highest BCUT2D eigenvalue weighted by Gasteiger charge is 2.24. The van der Waals surface area contributed by atoms with Crippen molar-refractivity contribution in [1.82, 2.24) is 0 Å². The van der Waals surface area contributed by atoms with Crippen molar-refractivity contribution < 1.29 is 18.5 Å². The van der Waals surface area contributed by atoms with Gasteiger partial charge in [-0.15, -0.1) is 0 Å². The zero-order valence-electron chi connectivity index (χ0n) is 12.6. The topological polar surface area (TPSA) is 26.3 Å². The third kappa shape index (κ3) is 6.36. The normalized spacial score (nSPS) is 19.6. The van der Waals surface area contributed by atoms with Crippen LogP contribution in [0.2, 0.25) is 0 Å². The number of nitrogens with zero attached hydrogens (tertiary/aromatic N) is 2. The fraction of sp³-hybridized carbons (Fsp3) is 0.929. The molecule has 0 aromatic carbocycles. The van der Waals surface area contributed by atoms with Crippen LogP contribution in [0.15, 0.2) is 0 Å². The zero-order chi connectivity index (χ0) is 13.6. The summed E-state index contributed by atoms with van der Waals surface area (Å²) in [5.41, 5.74) is 0. The van der Waals surface area contributed by atoms with Crippen LogP contribution in [0, 0.1) is 0 Å². The number of hydrogen-bond acceptors (Lipinski definition) is 2. The number of piperidine rings is 1. The highest BCUT2D eigenvalue weighted by Crippen LogP contribution is 2.15. The van der Waals surface area contributed by atoms with Gasteiger partial charge in [0.25, 0.3) is 0 Å². The second-order valence-corrected chi connectivity index (χ2v) is 6.84. The molecule has 0 radical (unpaired) electrons. The van der Waals surface area contributed by atoms with Gasteiger partial charge in [-0.25, -0.2) is 0 Å². The Bertz CT molecular complexity index is 265. The fourth-order valence-electron chi connectivity index (χ4n) is 2.38. The van der Waals surface area contributed by atoms with Gasteiger partial charge in [0.05, 0.1) is 54.2 Å². The lowest BCUT2D eigenvalue weighted by Crippen LogP contribution is -2.49. The molecule has 1 fully saturated rings. The highest BCUT2D eigenvalue weighted by molar-refractivity contribution is 5.69. The molecule has 1 aliphatic heterocycles. The summed E-state index contributed by atoms with van der Waals surface area (Å²) in [6.07, 6.45) is 4.50. The first kappa shape index (κ1) is 15.4. The molecule has 4 heteroatoms. The molecular formula is C14H30N2O2+2. The van der Waals surface area contributed by atoms with E-state index in [9.17, 15) is 4.79 Å². The van der Waals surface area contributed by atoms with Crippen LogP contribution in [-0.2, 0) is 9.53 Å². The average Bonchev–Trinajstić information content (AvgIpc) is 2.26. The monoisotopic (exact) mass is 258 g/mol. The fourth-order valence-corrected chi connectivity index (χ4v) is 2.38. The summed E-state index contributed by atoms with van der Waals surface area (Å²) in [7, 11) is 8.55. The lowest BCUT2D eigenvalue weighted by atomic mass is 10.1. The van der Waals surface area contributed by atoms with E-state index in [4.69, 9.17) is 4.74 Å². The molecule has 0 N–H and O–H groups in total. The Kier molecular flexibility index (Phi) is 5.60. The summed E-state index contributed by atoms with van der Waals surface area (Å²) in [4.78, 5) is 11.6. The number of esters is 1. The number of quaternary nitrogens is 2. The minimum absolute atomic E-state index is 0.0494. The van der Waals surface area contributed by atoms with Gasteiger partial charge in [0.1, 0.15) is 13.2 Å². The molecule has 18 heavy (non-hydrogen) atoms. The molecule has 0 saturated carbocycles. The SMILES string of the molecule is C[N+](C)(C)CCC(=O)OCC[N+]1(C)CCCCC1. The van der Waals surface area contributed by atoms with Crippen molar-refractivity contribution in [2.45, 2.75) is 25.7 Å². The number of carbonyl (C=O) groups is 1. The maximum Gasteiger partial charge on any atom is 0.311 e. The quantitative estimate of drug-likeness (QED) is 0.529. The third-order valence-corrected chi connectivity index (χ3v) is 3.78. The predicted octanol–water partition coefficient (Wildman–Crippen LogP) is 1.26. The summed E-state index contributed by atoms with van der Waals surface area (Å²) in [5, 5.41) is 0. The van der Waals surface area contributed by atoms with Gasteiger partial charge in [-0.2, -0.15) is 0 Å². The molecule has 0 aliphatic carbocycles. The van der Waals surface area contributed by atoms with Gasteiger partial charge in [-0.1, -0.05) is 0 Å². The average molecular weight is 258 g/mol. The van der Waals surface area contributed by atoms with Gasteiger partial charge in [0.2, 0.25) is 0 Å². The Labute approximate surface area is 112 Å². The molecule has 0 bridgehead atoms. The predicted molar refractivity (Wildman–Crippen MR) is 73.1 cm³/mol. The van der Waals surface area contributed by atoms with Gasteiger partial charge < -0.3 is 13.7 Å². The van der Waals surface area contributed by atoms with Crippen molar-refractivity contribution in [3.05, 3.63) is 0 Å². The smallest absolute Gasteiger partial charge is 0.311 e. The van der Waals surface area contributed by atoms with E-state index >= 15 is 0 Å². The summed E-state index contributed by atoms with van der Waals surface area (Å²) < 4.78 is 7.22. The summed E-state index contributed by atoms with van der Waals surface area (Å²) in [6.45, 7) is 4.85. The molecule has 4 nitrogen and oxygen atoms in total. The number of likely N-dealkylation sites (N-methyl/N-ethyl adjacent to an activating group) is 1. The zero-order valence-corrected chi connectivity index (χ0v) is 12.6. The number of likely N-dealkylation sites (tertiary alicyclic amines) is 1. The second kappa shape index (κ2) is 6.53. The standard InChI is InChI=1S/C14H30N2O2/c1-15(2,3)11-8-14(17)18-13-12-16(4)9-6-5-7-10-16/h5-13H2,1-4H3/q+2. The first-order valence-electron chi connectivity index (χ1n) is 7.10. The second-order valence-electron chi connectivity index (χ2n) is 6.84. The van der Waals surface area contributed by atoms with Gasteiger partial charge in [-0.3, -0.25) is 4.79 Å². The van der Waals surface area contributed by atoms with Gasteiger partial charge in [0, 0.05) is 0 Å². The van der Waals surface area contributed by atoms with E-state index in [1.54, 1.807) is 0 Å². The van der Waals surface area contributed by atoms with Crippen molar-refractivity contribution in [3.63, 3.8) is 0 Å². The van der Waals surface area contributed by atoms with Crippen LogP contribution in [0.25, 0.3) is 0 Å². The van der Waals surface area contributed by atoms with Crippen LogP contribution in [0.4, 0.5) is 0 Å². The van der Waals surface area contributed by atoms with Crippen LogP contribution in [-0.4, -0.2) is 75.9 Å². The molecule has 0 spiro atoms. The minimum Gasteiger partial charge on any atom is -0.460 e. The van der Waals surface area contributed by atoms with E-state index in [0.29, 0.717) is 13.0 Å². The summed E-state index contributed by atoms with van der Waals surface area (Å²) in [6, 6.07) is 0. The van der Waals surface area contributed by atoms with Crippen LogP contribution in [0.3, 0.4) is 0 Å². The van der Waals surface area contributed by atoms with Crippen molar-refractivity contribution in [1.29, 1.82) is 0 Å². The number of ether oxygens (including phenoxy) is 1. The number of rotatable bonds is 6. The third-order valence-electron chi connectivity index (χ3n) is 3.78. The minimum atomic E-state index is -0.0494. The Balaban J connectivity index is 2.15. The summed E-state index contributed by atoms with van der Waals surface area (Å²) in [5.74, 6) is -0.0494. The molecule has 0 unspecified atom stereocenters.